The third-order valence-corrected chi connectivity index (χ3v) is 3.26. The highest BCUT2D eigenvalue weighted by molar-refractivity contribution is 6.21. The van der Waals surface area contributed by atoms with E-state index in [4.69, 9.17) is 9.57 Å². The van der Waals surface area contributed by atoms with E-state index < -0.39 is 5.97 Å². The van der Waals surface area contributed by atoms with Gasteiger partial charge < -0.3 is 9.57 Å². The van der Waals surface area contributed by atoms with Crippen molar-refractivity contribution < 1.29 is 19.2 Å². The lowest BCUT2D eigenvalue weighted by Gasteiger charge is -2.09. The molecule has 0 amide bonds. The van der Waals surface area contributed by atoms with Crippen LogP contribution in [0.25, 0.3) is 0 Å². The van der Waals surface area contributed by atoms with Gasteiger partial charge in [-0.15, -0.1) is 0 Å². The summed E-state index contributed by atoms with van der Waals surface area (Å²) in [5, 5.41) is 3.81. The number of methoxy groups -OCH3 is 1. The minimum atomic E-state index is -0.569. The van der Waals surface area contributed by atoms with E-state index in [1.165, 1.54) is 12.2 Å². The molecule has 0 aliphatic heterocycles. The van der Waals surface area contributed by atoms with Crippen molar-refractivity contribution in [3.8, 4) is 5.75 Å². The van der Waals surface area contributed by atoms with Crippen LogP contribution in [0, 0.1) is 0 Å². The van der Waals surface area contributed by atoms with E-state index in [9.17, 15) is 9.59 Å². The molecule has 0 N–H and O–H groups in total. The smallest absolute Gasteiger partial charge is 0.365 e. The van der Waals surface area contributed by atoms with E-state index in [0.717, 1.165) is 0 Å². The molecule has 2 rings (SSSR count). The van der Waals surface area contributed by atoms with E-state index >= 15 is 0 Å². The van der Waals surface area contributed by atoms with Crippen molar-refractivity contribution in [1.82, 2.24) is 0 Å². The zero-order valence-corrected chi connectivity index (χ0v) is 12.0. The zero-order chi connectivity index (χ0) is 15.4. The Hall–Kier alpha value is -2.69. The zero-order valence-electron chi connectivity index (χ0n) is 12.0. The summed E-state index contributed by atoms with van der Waals surface area (Å²) < 4.78 is 5.01. The predicted octanol–water partition coefficient (Wildman–Crippen LogP) is 2.68. The van der Waals surface area contributed by atoms with Crippen LogP contribution in [0.15, 0.2) is 52.7 Å². The molecule has 0 saturated carbocycles. The second-order valence-corrected chi connectivity index (χ2v) is 4.53. The van der Waals surface area contributed by atoms with Crippen LogP contribution >= 0.6 is 0 Å². The van der Waals surface area contributed by atoms with Gasteiger partial charge in [0.1, 0.15) is 11.5 Å². The van der Waals surface area contributed by atoms with Crippen molar-refractivity contribution in [2.24, 2.45) is 5.16 Å². The lowest BCUT2D eigenvalue weighted by molar-refractivity contribution is -0.111. The van der Waals surface area contributed by atoms with Crippen molar-refractivity contribution in [3.63, 3.8) is 0 Å². The van der Waals surface area contributed by atoms with Gasteiger partial charge in [0.15, 0.2) is 5.78 Å². The molecule has 0 unspecified atom stereocenters. The van der Waals surface area contributed by atoms with Crippen LogP contribution < -0.4 is 4.74 Å². The van der Waals surface area contributed by atoms with Crippen LogP contribution in [-0.2, 0) is 9.63 Å². The van der Waals surface area contributed by atoms with Gasteiger partial charge in [0, 0.05) is 5.57 Å². The third-order valence-electron chi connectivity index (χ3n) is 3.26. The molecule has 1 aromatic carbocycles. The summed E-state index contributed by atoms with van der Waals surface area (Å²) in [4.78, 5) is 28.2. The van der Waals surface area contributed by atoms with Crippen LogP contribution in [0.5, 0.6) is 5.75 Å². The Morgan fingerprint density at radius 1 is 1.05 bits per heavy atom. The maximum absolute atomic E-state index is 11.9. The fourth-order valence-corrected chi connectivity index (χ4v) is 1.75. The van der Waals surface area contributed by atoms with Gasteiger partial charge in [-0.3, -0.25) is 4.79 Å². The number of oxime groups is 1. The van der Waals surface area contributed by atoms with Gasteiger partial charge in [-0.25, -0.2) is 4.79 Å². The number of carbonyl (C=O) groups excluding carboxylic acids is 2. The number of rotatable bonds is 3. The first kappa shape index (κ1) is 14.7. The Morgan fingerprint density at radius 3 is 2.33 bits per heavy atom. The van der Waals surface area contributed by atoms with Gasteiger partial charge in [0.05, 0.1) is 12.7 Å². The quantitative estimate of drug-likeness (QED) is 0.486. The Labute approximate surface area is 122 Å². The summed E-state index contributed by atoms with van der Waals surface area (Å²) in [6.07, 6.45) is 2.94. The first-order chi connectivity index (χ1) is 10.0. The summed E-state index contributed by atoms with van der Waals surface area (Å²) in [6.45, 7) is 3.47. The second kappa shape index (κ2) is 6.17. The molecule has 0 heterocycles. The number of ketones is 1. The molecular weight excluding hydrogens is 270 g/mol. The lowest BCUT2D eigenvalue weighted by atomic mass is 9.97. The van der Waals surface area contributed by atoms with Crippen LogP contribution in [0.1, 0.15) is 24.2 Å². The number of hydrogen-bond acceptors (Lipinski definition) is 5. The average molecular weight is 285 g/mol. The summed E-state index contributed by atoms with van der Waals surface area (Å²) in [5.41, 5.74) is 2.13. The molecule has 108 valence electrons. The highest BCUT2D eigenvalue weighted by atomic mass is 16.7. The number of benzene rings is 1. The van der Waals surface area contributed by atoms with Crippen LogP contribution in [0.2, 0.25) is 0 Å². The maximum Gasteiger partial charge on any atom is 0.365 e. The normalized spacial score (nSPS) is 16.3. The summed E-state index contributed by atoms with van der Waals surface area (Å²) >= 11 is 0. The number of allylic oxidation sites excluding steroid dienone is 4. The molecule has 0 aromatic heterocycles. The largest absolute Gasteiger partial charge is 0.497 e. The molecule has 1 aliphatic rings. The van der Waals surface area contributed by atoms with Crippen molar-refractivity contribution in [1.29, 1.82) is 0 Å². The molecule has 1 aliphatic carbocycles. The van der Waals surface area contributed by atoms with Gasteiger partial charge >= 0.3 is 5.97 Å². The maximum atomic E-state index is 11.9. The van der Waals surface area contributed by atoms with Crippen molar-refractivity contribution >= 4 is 17.5 Å². The van der Waals surface area contributed by atoms with E-state index in [1.54, 1.807) is 45.2 Å². The Bertz CT molecular complexity index is 666. The highest BCUT2D eigenvalue weighted by Gasteiger charge is 2.15. The van der Waals surface area contributed by atoms with E-state index in [0.29, 0.717) is 28.2 Å². The molecule has 5 heteroatoms. The number of hydrogen-bond donors (Lipinski definition) is 0. The van der Waals surface area contributed by atoms with Crippen molar-refractivity contribution in [2.75, 3.05) is 7.11 Å². The molecule has 0 atom stereocenters. The number of carbonyl (C=O) groups is 2. The van der Waals surface area contributed by atoms with Crippen LogP contribution in [0.4, 0.5) is 0 Å². The topological polar surface area (TPSA) is 65.0 Å². The summed E-state index contributed by atoms with van der Waals surface area (Å²) in [6, 6.07) is 6.52. The molecule has 0 fully saturated rings. The van der Waals surface area contributed by atoms with Gasteiger partial charge in [0.2, 0.25) is 0 Å². The Kier molecular flexibility index (Phi) is 4.33. The molecule has 0 saturated heterocycles. The first-order valence-corrected chi connectivity index (χ1v) is 6.36. The molecule has 0 bridgehead atoms. The molecular formula is C16H15NO4. The number of ether oxygens (including phenoxy) is 1. The SMILES string of the molecule is COc1ccc(C(=O)ON=C2C=CC(=O)C(C)=C2C)cc1. The predicted molar refractivity (Wildman–Crippen MR) is 78.4 cm³/mol. The molecule has 0 radical (unpaired) electrons. The van der Waals surface area contributed by atoms with Crippen molar-refractivity contribution in [3.05, 3.63) is 53.1 Å². The van der Waals surface area contributed by atoms with Gasteiger partial charge in [0.25, 0.3) is 0 Å². The fraction of sp³-hybridized carbons (Fsp3) is 0.188. The Balaban J connectivity index is 2.11. The molecule has 1 aromatic rings. The standard InChI is InChI=1S/C16H15NO4/c1-10-11(2)15(18)9-8-14(10)17-21-16(19)12-4-6-13(20-3)7-5-12/h4-9H,1-3H3. The van der Waals surface area contributed by atoms with Crippen LogP contribution in [-0.4, -0.2) is 24.6 Å². The van der Waals surface area contributed by atoms with Crippen LogP contribution in [0.3, 0.4) is 0 Å². The van der Waals surface area contributed by atoms with Gasteiger partial charge in [-0.05, 0) is 55.8 Å². The number of nitrogens with zero attached hydrogens (tertiary/aromatic N) is 1. The van der Waals surface area contributed by atoms with E-state index in [-0.39, 0.29) is 5.78 Å². The van der Waals surface area contributed by atoms with Crippen molar-refractivity contribution in [2.45, 2.75) is 13.8 Å². The van der Waals surface area contributed by atoms with Gasteiger partial charge in [-0.2, -0.15) is 0 Å². The highest BCUT2D eigenvalue weighted by Crippen LogP contribution is 2.15. The summed E-state index contributed by atoms with van der Waals surface area (Å²) in [5.74, 6) is 0.0230. The van der Waals surface area contributed by atoms with E-state index in [2.05, 4.69) is 5.16 Å². The fourth-order valence-electron chi connectivity index (χ4n) is 1.75. The average Bonchev–Trinajstić information content (AvgIpc) is 2.52. The second-order valence-electron chi connectivity index (χ2n) is 4.53. The first-order valence-electron chi connectivity index (χ1n) is 6.36. The third kappa shape index (κ3) is 3.25. The van der Waals surface area contributed by atoms with E-state index in [1.807, 2.05) is 0 Å². The monoisotopic (exact) mass is 285 g/mol. The molecule has 5 nitrogen and oxygen atoms in total. The van der Waals surface area contributed by atoms with Gasteiger partial charge in [-0.1, -0.05) is 5.16 Å². The molecule has 0 spiro atoms. The summed E-state index contributed by atoms with van der Waals surface area (Å²) in [7, 11) is 1.55. The minimum absolute atomic E-state index is 0.0621. The minimum Gasteiger partial charge on any atom is -0.497 e. The molecule has 21 heavy (non-hydrogen) atoms. The lowest BCUT2D eigenvalue weighted by Crippen LogP contribution is -2.12. The Morgan fingerprint density at radius 2 is 1.71 bits per heavy atom.